The predicted octanol–water partition coefficient (Wildman–Crippen LogP) is 5.69. The largest absolute Gasteiger partial charge is 0.401 e. The summed E-state index contributed by atoms with van der Waals surface area (Å²) in [6.45, 7) is 0.208. The van der Waals surface area contributed by atoms with E-state index >= 15 is 0 Å². The molecule has 0 spiro atoms. The van der Waals surface area contributed by atoms with Crippen molar-refractivity contribution in [3.8, 4) is 0 Å². The van der Waals surface area contributed by atoms with Gasteiger partial charge in [-0.05, 0) is 61.6 Å². The van der Waals surface area contributed by atoms with Crippen molar-refractivity contribution in [2.75, 3.05) is 38.5 Å². The second kappa shape index (κ2) is 13.3. The van der Waals surface area contributed by atoms with Gasteiger partial charge in [0.15, 0.2) is 0 Å². The molecule has 1 fully saturated rings. The zero-order chi connectivity index (χ0) is 31.6. The van der Waals surface area contributed by atoms with Gasteiger partial charge in [-0.3, -0.25) is 14.8 Å². The van der Waals surface area contributed by atoms with Crippen LogP contribution < -0.4 is 5.32 Å². The Morgan fingerprint density at radius 1 is 1.20 bits per heavy atom. The molecule has 2 aliphatic rings. The highest BCUT2D eigenvalue weighted by Crippen LogP contribution is 2.35. The van der Waals surface area contributed by atoms with E-state index in [4.69, 9.17) is 23.2 Å². The van der Waals surface area contributed by atoms with Crippen molar-refractivity contribution in [3.63, 3.8) is 0 Å². The number of benzene rings is 2. The minimum absolute atomic E-state index is 0.0138. The summed E-state index contributed by atoms with van der Waals surface area (Å²) in [6.07, 6.45) is -1.73. The number of amides is 3. The molecule has 0 unspecified atom stereocenters. The number of hydrogen-bond acceptors (Lipinski definition) is 5. The number of nitrogens with zero attached hydrogens (tertiary/aromatic N) is 4. The van der Waals surface area contributed by atoms with E-state index in [1.807, 2.05) is 29.2 Å². The molecule has 1 atom stereocenters. The summed E-state index contributed by atoms with van der Waals surface area (Å²) in [6, 6.07) is 9.15. The molecule has 5 rings (SSSR count). The number of urea groups is 1. The molecule has 2 aromatic carbocycles. The molecule has 14 heteroatoms. The van der Waals surface area contributed by atoms with Crippen molar-refractivity contribution in [1.29, 1.82) is 0 Å². The monoisotopic (exact) mass is 652 g/mol. The van der Waals surface area contributed by atoms with Crippen molar-refractivity contribution in [1.82, 2.24) is 24.9 Å². The zero-order valence-corrected chi connectivity index (χ0v) is 25.6. The SMILES string of the molecule is CN(Cc1c(C[C@H](C=O)CC(=O)N2CCC(N3CCc4ccccc4NC3=O)CC2)cc(Cl)c2n[nH]c(Cl)c12)CC(F)(F)F. The van der Waals surface area contributed by atoms with Crippen LogP contribution >= 0.6 is 23.2 Å². The van der Waals surface area contributed by atoms with Crippen LogP contribution in [-0.4, -0.2) is 88.6 Å². The molecule has 3 aromatic rings. The number of carbonyl (C=O) groups excluding carboxylic acids is 3. The maximum absolute atomic E-state index is 13.3. The van der Waals surface area contributed by atoms with Crippen LogP contribution in [0.1, 0.15) is 36.0 Å². The van der Waals surface area contributed by atoms with Crippen LogP contribution in [0.5, 0.6) is 0 Å². The number of hydrogen-bond donors (Lipinski definition) is 2. The molecule has 9 nitrogen and oxygen atoms in total. The summed E-state index contributed by atoms with van der Waals surface area (Å²) in [5.41, 5.74) is 3.21. The number of alkyl halides is 3. The Hall–Kier alpha value is -3.35. The number of rotatable bonds is 9. The predicted molar refractivity (Wildman–Crippen MR) is 162 cm³/mol. The highest BCUT2D eigenvalue weighted by Gasteiger charge is 2.33. The molecule has 1 aromatic heterocycles. The number of para-hydroxylation sites is 1. The number of piperidine rings is 1. The fourth-order valence-electron chi connectivity index (χ4n) is 6.20. The lowest BCUT2D eigenvalue weighted by Gasteiger charge is -2.38. The fourth-order valence-corrected chi connectivity index (χ4v) is 6.72. The number of aromatic amines is 1. The van der Waals surface area contributed by atoms with Crippen LogP contribution in [0, 0.1) is 5.92 Å². The summed E-state index contributed by atoms with van der Waals surface area (Å²) in [4.78, 5) is 43.1. The van der Waals surface area contributed by atoms with E-state index in [9.17, 15) is 27.6 Å². The molecule has 2 aliphatic heterocycles. The Balaban J connectivity index is 1.24. The topological polar surface area (TPSA) is 102 Å². The highest BCUT2D eigenvalue weighted by atomic mass is 35.5. The van der Waals surface area contributed by atoms with Crippen LogP contribution in [0.25, 0.3) is 10.9 Å². The van der Waals surface area contributed by atoms with Gasteiger partial charge in [0.25, 0.3) is 0 Å². The average molecular weight is 654 g/mol. The molecule has 0 saturated carbocycles. The number of anilines is 1. The van der Waals surface area contributed by atoms with Gasteiger partial charge in [0.1, 0.15) is 17.0 Å². The summed E-state index contributed by atoms with van der Waals surface area (Å²) in [5, 5.41) is 10.4. The number of fused-ring (bicyclic) bond motifs is 2. The van der Waals surface area contributed by atoms with Gasteiger partial charge in [0, 0.05) is 55.6 Å². The second-order valence-electron chi connectivity index (χ2n) is 11.5. The third kappa shape index (κ3) is 7.30. The first-order chi connectivity index (χ1) is 20.9. The smallest absolute Gasteiger partial charge is 0.343 e. The first-order valence-corrected chi connectivity index (χ1v) is 15.2. The third-order valence-electron chi connectivity index (χ3n) is 8.33. The number of aldehydes is 1. The molecule has 0 aliphatic carbocycles. The minimum Gasteiger partial charge on any atom is -0.343 e. The zero-order valence-electron chi connectivity index (χ0n) is 24.1. The van der Waals surface area contributed by atoms with Gasteiger partial charge in [-0.2, -0.15) is 18.3 Å². The Morgan fingerprint density at radius 3 is 2.64 bits per heavy atom. The van der Waals surface area contributed by atoms with Crippen LogP contribution in [0.3, 0.4) is 0 Å². The number of halogens is 5. The number of likely N-dealkylation sites (tertiary alicyclic amines) is 1. The Morgan fingerprint density at radius 2 is 1.93 bits per heavy atom. The summed E-state index contributed by atoms with van der Waals surface area (Å²) >= 11 is 12.8. The summed E-state index contributed by atoms with van der Waals surface area (Å²) in [7, 11) is 1.34. The Kier molecular flexibility index (Phi) is 9.71. The maximum atomic E-state index is 13.3. The second-order valence-corrected chi connectivity index (χ2v) is 12.3. The maximum Gasteiger partial charge on any atom is 0.401 e. The van der Waals surface area contributed by atoms with Gasteiger partial charge >= 0.3 is 12.2 Å². The van der Waals surface area contributed by atoms with E-state index in [0.717, 1.165) is 22.6 Å². The van der Waals surface area contributed by atoms with E-state index in [0.29, 0.717) is 60.8 Å². The molecule has 0 radical (unpaired) electrons. The molecule has 0 bridgehead atoms. The van der Waals surface area contributed by atoms with E-state index in [1.54, 1.807) is 11.0 Å². The van der Waals surface area contributed by atoms with Crippen molar-refractivity contribution in [2.24, 2.45) is 5.92 Å². The third-order valence-corrected chi connectivity index (χ3v) is 8.89. The van der Waals surface area contributed by atoms with E-state index in [2.05, 4.69) is 15.5 Å². The van der Waals surface area contributed by atoms with Gasteiger partial charge in [-0.25, -0.2) is 4.79 Å². The number of H-pyrrole nitrogens is 1. The van der Waals surface area contributed by atoms with Gasteiger partial charge in [-0.1, -0.05) is 41.4 Å². The molecule has 44 heavy (non-hydrogen) atoms. The van der Waals surface area contributed by atoms with Gasteiger partial charge < -0.3 is 19.9 Å². The fraction of sp³-hybridized carbons (Fsp3) is 0.467. The van der Waals surface area contributed by atoms with Crippen LogP contribution in [-0.2, 0) is 29.0 Å². The van der Waals surface area contributed by atoms with Gasteiger partial charge in [0.2, 0.25) is 5.91 Å². The van der Waals surface area contributed by atoms with E-state index in [-0.39, 0.29) is 47.5 Å². The first-order valence-electron chi connectivity index (χ1n) is 14.4. The average Bonchev–Trinajstić information content (AvgIpc) is 3.27. The quantitative estimate of drug-likeness (QED) is 0.289. The van der Waals surface area contributed by atoms with Crippen molar-refractivity contribution < 1.29 is 27.6 Å². The molecular weight excluding hydrogens is 620 g/mol. The van der Waals surface area contributed by atoms with Crippen molar-refractivity contribution in [3.05, 3.63) is 57.2 Å². The lowest BCUT2D eigenvalue weighted by atomic mass is 9.91. The molecule has 1 saturated heterocycles. The van der Waals surface area contributed by atoms with Crippen LogP contribution in [0.15, 0.2) is 30.3 Å². The van der Waals surface area contributed by atoms with Crippen molar-refractivity contribution in [2.45, 2.75) is 50.9 Å². The number of nitrogens with one attached hydrogen (secondary N) is 2. The van der Waals surface area contributed by atoms with E-state index in [1.165, 1.54) is 7.05 Å². The molecule has 236 valence electrons. The normalized spacial score (nSPS) is 17.0. The number of aromatic nitrogens is 2. The molecular formula is C30H33Cl2F3N6O3. The van der Waals surface area contributed by atoms with Gasteiger partial charge in [0.05, 0.1) is 11.6 Å². The molecule has 3 heterocycles. The summed E-state index contributed by atoms with van der Waals surface area (Å²) in [5.74, 6) is -0.932. The Bertz CT molecular complexity index is 1540. The number of carbonyl (C=O) groups is 3. The molecule has 2 N–H and O–H groups in total. The minimum atomic E-state index is -4.41. The highest BCUT2D eigenvalue weighted by molar-refractivity contribution is 6.39. The van der Waals surface area contributed by atoms with Gasteiger partial charge in [-0.15, -0.1) is 0 Å². The van der Waals surface area contributed by atoms with E-state index < -0.39 is 18.6 Å². The van der Waals surface area contributed by atoms with Crippen LogP contribution in [0.2, 0.25) is 10.2 Å². The standard InChI is InChI=1S/C30H33Cl2F3N6O3/c1-39(17-30(33,34)35)15-22-20(14-23(31)27-26(22)28(32)38-37-27)12-18(16-42)13-25(43)40-9-7-21(8-10-40)41-11-6-19-4-2-3-5-24(19)36-29(41)44/h2-5,14,16,18,21H,6-13,15,17H2,1H3,(H,36,44)(H,37,38)/t18-/m0/s1. The first kappa shape index (κ1) is 32.1. The lowest BCUT2D eigenvalue weighted by molar-refractivity contribution is -0.144. The molecule has 3 amide bonds. The lowest BCUT2D eigenvalue weighted by Crippen LogP contribution is -2.50. The summed E-state index contributed by atoms with van der Waals surface area (Å²) < 4.78 is 39.3. The Labute approximate surface area is 262 Å². The van der Waals surface area contributed by atoms with Crippen LogP contribution in [0.4, 0.5) is 23.7 Å². The van der Waals surface area contributed by atoms with Crippen molar-refractivity contribution >= 4 is 58.0 Å².